The highest BCUT2D eigenvalue weighted by molar-refractivity contribution is 7.99. The van der Waals surface area contributed by atoms with E-state index in [1.54, 1.807) is 18.9 Å². The summed E-state index contributed by atoms with van der Waals surface area (Å²) in [5, 5.41) is 2.91. The highest BCUT2D eigenvalue weighted by Crippen LogP contribution is 2.26. The van der Waals surface area contributed by atoms with Gasteiger partial charge in [0.25, 0.3) is 0 Å². The summed E-state index contributed by atoms with van der Waals surface area (Å²) >= 11 is 1.67. The van der Waals surface area contributed by atoms with Gasteiger partial charge in [0.1, 0.15) is 18.1 Å². The molecule has 0 fully saturated rings. The van der Waals surface area contributed by atoms with Gasteiger partial charge >= 0.3 is 0 Å². The van der Waals surface area contributed by atoms with E-state index in [0.29, 0.717) is 19.6 Å². The van der Waals surface area contributed by atoms with Crippen molar-refractivity contribution in [1.82, 2.24) is 5.32 Å². The lowest BCUT2D eigenvalue weighted by atomic mass is 10.1. The van der Waals surface area contributed by atoms with Crippen LogP contribution in [0.2, 0.25) is 0 Å². The third kappa shape index (κ3) is 5.43. The van der Waals surface area contributed by atoms with Crippen LogP contribution >= 0.6 is 11.8 Å². The van der Waals surface area contributed by atoms with Crippen LogP contribution in [0.4, 0.5) is 0 Å². The average Bonchev–Trinajstić information content (AvgIpc) is 3.13. The van der Waals surface area contributed by atoms with E-state index in [9.17, 15) is 4.79 Å². The maximum Gasteiger partial charge on any atom is 0.220 e. The van der Waals surface area contributed by atoms with Crippen LogP contribution in [0, 0.1) is 0 Å². The Morgan fingerprint density at radius 2 is 1.85 bits per heavy atom. The number of thioether (sulfide) groups is 1. The minimum atomic E-state index is 0.0589. The van der Waals surface area contributed by atoms with Gasteiger partial charge in [-0.05, 0) is 66.8 Å². The predicted octanol–water partition coefficient (Wildman–Crippen LogP) is 3.86. The zero-order valence-electron chi connectivity index (χ0n) is 15.1. The van der Waals surface area contributed by atoms with E-state index in [1.807, 2.05) is 30.3 Å². The van der Waals surface area contributed by atoms with Crippen molar-refractivity contribution < 1.29 is 14.3 Å². The zero-order chi connectivity index (χ0) is 18.2. The van der Waals surface area contributed by atoms with Crippen LogP contribution in [0.1, 0.15) is 24.0 Å². The smallest absolute Gasteiger partial charge is 0.220 e. The number of nitrogens with one attached hydrogen (secondary N) is 1. The number of carbonyl (C=O) groups is 1. The zero-order valence-corrected chi connectivity index (χ0v) is 15.9. The fraction of sp³-hybridized carbons (Fsp3) is 0.381. The van der Waals surface area contributed by atoms with E-state index >= 15 is 0 Å². The maximum absolute atomic E-state index is 11.9. The summed E-state index contributed by atoms with van der Waals surface area (Å²) < 4.78 is 10.9. The first-order valence-electron chi connectivity index (χ1n) is 9.03. The second-order valence-corrected chi connectivity index (χ2v) is 7.42. The lowest BCUT2D eigenvalue weighted by Gasteiger charge is -2.09. The normalized spacial score (nSPS) is 12.5. The van der Waals surface area contributed by atoms with E-state index in [1.165, 1.54) is 24.0 Å². The molecule has 1 aliphatic rings. The number of amides is 1. The van der Waals surface area contributed by atoms with Gasteiger partial charge in [-0.3, -0.25) is 4.79 Å². The number of benzene rings is 2. The van der Waals surface area contributed by atoms with Crippen molar-refractivity contribution in [1.29, 1.82) is 0 Å². The first kappa shape index (κ1) is 18.6. The molecule has 0 spiro atoms. The molecule has 4 nitrogen and oxygen atoms in total. The summed E-state index contributed by atoms with van der Waals surface area (Å²) in [6.07, 6.45) is 4.06. The molecular weight excluding hydrogens is 346 g/mol. The third-order valence-electron chi connectivity index (χ3n) is 4.42. The Kier molecular flexibility index (Phi) is 6.83. The Morgan fingerprint density at radius 3 is 2.65 bits per heavy atom. The van der Waals surface area contributed by atoms with Gasteiger partial charge in [0.15, 0.2) is 0 Å². The van der Waals surface area contributed by atoms with E-state index in [-0.39, 0.29) is 5.91 Å². The largest absolute Gasteiger partial charge is 0.497 e. The van der Waals surface area contributed by atoms with E-state index in [0.717, 1.165) is 28.6 Å². The fourth-order valence-electron chi connectivity index (χ4n) is 3.02. The summed E-state index contributed by atoms with van der Waals surface area (Å²) in [6, 6.07) is 14.2. The highest BCUT2D eigenvalue weighted by Gasteiger charge is 2.11. The molecule has 1 aliphatic carbocycles. The van der Waals surface area contributed by atoms with Crippen molar-refractivity contribution in [3.8, 4) is 11.5 Å². The SMILES string of the molecule is COc1ccc(SCCC(=O)NCCOc2ccc3c(c2)CCC3)cc1. The van der Waals surface area contributed by atoms with Crippen LogP contribution in [-0.4, -0.2) is 31.9 Å². The van der Waals surface area contributed by atoms with Crippen LogP contribution < -0.4 is 14.8 Å². The van der Waals surface area contributed by atoms with Crippen LogP contribution in [0.15, 0.2) is 47.4 Å². The fourth-order valence-corrected chi connectivity index (χ4v) is 3.87. The lowest BCUT2D eigenvalue weighted by Crippen LogP contribution is -2.28. The van der Waals surface area contributed by atoms with Gasteiger partial charge in [-0.2, -0.15) is 0 Å². The van der Waals surface area contributed by atoms with Crippen LogP contribution in [-0.2, 0) is 17.6 Å². The number of methoxy groups -OCH3 is 1. The molecule has 1 N–H and O–H groups in total. The van der Waals surface area contributed by atoms with Gasteiger partial charge < -0.3 is 14.8 Å². The molecule has 0 bridgehead atoms. The molecule has 0 heterocycles. The Hall–Kier alpha value is -2.14. The first-order valence-corrected chi connectivity index (χ1v) is 10.0. The minimum absolute atomic E-state index is 0.0589. The van der Waals surface area contributed by atoms with Crippen molar-refractivity contribution in [3.05, 3.63) is 53.6 Å². The Bertz CT molecular complexity index is 731. The molecule has 26 heavy (non-hydrogen) atoms. The number of hydrogen-bond donors (Lipinski definition) is 1. The monoisotopic (exact) mass is 371 g/mol. The molecule has 3 rings (SSSR count). The van der Waals surface area contributed by atoms with E-state index < -0.39 is 0 Å². The highest BCUT2D eigenvalue weighted by atomic mass is 32.2. The van der Waals surface area contributed by atoms with Crippen molar-refractivity contribution in [2.24, 2.45) is 0 Å². The molecule has 0 radical (unpaired) electrons. The summed E-state index contributed by atoms with van der Waals surface area (Å²) in [4.78, 5) is 13.0. The molecule has 138 valence electrons. The Labute approximate surface area is 159 Å². The van der Waals surface area contributed by atoms with Gasteiger partial charge in [-0.25, -0.2) is 0 Å². The van der Waals surface area contributed by atoms with E-state index in [4.69, 9.17) is 9.47 Å². The standard InChI is InChI=1S/C21H25NO3S/c1-24-18-7-9-20(10-8-18)26-14-11-21(23)22-12-13-25-19-6-5-16-3-2-4-17(16)15-19/h5-10,15H,2-4,11-14H2,1H3,(H,22,23). The van der Waals surface area contributed by atoms with Gasteiger partial charge in [-0.15, -0.1) is 11.8 Å². The molecule has 2 aromatic rings. The van der Waals surface area contributed by atoms with Crippen LogP contribution in [0.25, 0.3) is 0 Å². The predicted molar refractivity (Wildman–Crippen MR) is 105 cm³/mol. The Balaban J connectivity index is 1.29. The summed E-state index contributed by atoms with van der Waals surface area (Å²) in [6.45, 7) is 1.03. The molecule has 1 amide bonds. The second kappa shape index (κ2) is 9.53. The van der Waals surface area contributed by atoms with Crippen molar-refractivity contribution in [3.63, 3.8) is 0 Å². The number of fused-ring (bicyclic) bond motifs is 1. The minimum Gasteiger partial charge on any atom is -0.497 e. The van der Waals surface area contributed by atoms with Crippen LogP contribution in [0.3, 0.4) is 0 Å². The maximum atomic E-state index is 11.9. The van der Waals surface area contributed by atoms with Crippen LogP contribution in [0.5, 0.6) is 11.5 Å². The number of hydrogen-bond acceptors (Lipinski definition) is 4. The summed E-state index contributed by atoms with van der Waals surface area (Å²) in [5.41, 5.74) is 2.85. The van der Waals surface area contributed by atoms with Crippen molar-refractivity contribution >= 4 is 17.7 Å². The topological polar surface area (TPSA) is 47.6 Å². The van der Waals surface area contributed by atoms with Gasteiger partial charge in [-0.1, -0.05) is 6.07 Å². The summed E-state index contributed by atoms with van der Waals surface area (Å²) in [5.74, 6) is 2.55. The lowest BCUT2D eigenvalue weighted by molar-refractivity contribution is -0.120. The molecule has 0 aliphatic heterocycles. The molecular formula is C21H25NO3S. The van der Waals surface area contributed by atoms with Gasteiger partial charge in [0.2, 0.25) is 5.91 Å². The molecule has 0 atom stereocenters. The second-order valence-electron chi connectivity index (χ2n) is 6.26. The number of rotatable bonds is 9. The number of aryl methyl sites for hydroxylation is 2. The third-order valence-corrected chi connectivity index (χ3v) is 5.43. The number of carbonyl (C=O) groups excluding carboxylic acids is 1. The molecule has 5 heteroatoms. The quantitative estimate of drug-likeness (QED) is 0.537. The first-order chi connectivity index (χ1) is 12.7. The van der Waals surface area contributed by atoms with Gasteiger partial charge in [0, 0.05) is 17.1 Å². The summed E-state index contributed by atoms with van der Waals surface area (Å²) in [7, 11) is 1.65. The number of ether oxygens (including phenoxy) is 2. The molecule has 0 unspecified atom stereocenters. The average molecular weight is 372 g/mol. The molecule has 0 aromatic heterocycles. The molecule has 2 aromatic carbocycles. The van der Waals surface area contributed by atoms with Crippen molar-refractivity contribution in [2.45, 2.75) is 30.6 Å². The molecule has 0 saturated carbocycles. The van der Waals surface area contributed by atoms with Gasteiger partial charge in [0.05, 0.1) is 13.7 Å². The molecule has 0 saturated heterocycles. The van der Waals surface area contributed by atoms with Crippen molar-refractivity contribution in [2.75, 3.05) is 26.0 Å². The van der Waals surface area contributed by atoms with E-state index in [2.05, 4.69) is 17.4 Å². The Morgan fingerprint density at radius 1 is 1.08 bits per heavy atom.